The molecule has 1 aliphatic carbocycles. The van der Waals surface area contributed by atoms with Crippen LogP contribution in [-0.4, -0.2) is 22.1 Å². The molecule has 1 aromatic carbocycles. The molecule has 1 aromatic heterocycles. The van der Waals surface area contributed by atoms with E-state index < -0.39 is 29.6 Å². The Kier molecular flexibility index (Phi) is 5.78. The van der Waals surface area contributed by atoms with Crippen molar-refractivity contribution in [2.45, 2.75) is 45.1 Å². The van der Waals surface area contributed by atoms with Gasteiger partial charge >= 0.3 is 0 Å². The molecule has 28 heavy (non-hydrogen) atoms. The zero-order valence-corrected chi connectivity index (χ0v) is 15.6. The molecule has 1 aliphatic rings. The molecule has 146 valence electrons. The smallest absolute Gasteiger partial charge is 0.271 e. The van der Waals surface area contributed by atoms with Crippen LogP contribution in [0.5, 0.6) is 11.6 Å². The lowest BCUT2D eigenvalue weighted by atomic mass is 9.93. The highest BCUT2D eigenvalue weighted by Gasteiger charge is 2.28. The summed E-state index contributed by atoms with van der Waals surface area (Å²) < 4.78 is 19.5. The number of Topliss-reactive ketones (excluding diaryl/α,β-unsaturated/α-hetero) is 1. The molecule has 1 saturated carbocycles. The summed E-state index contributed by atoms with van der Waals surface area (Å²) >= 11 is 0. The molecule has 0 unspecified atom stereocenters. The molecule has 0 saturated heterocycles. The van der Waals surface area contributed by atoms with Gasteiger partial charge in [0, 0.05) is 6.04 Å². The zero-order valence-electron chi connectivity index (χ0n) is 15.6. The summed E-state index contributed by atoms with van der Waals surface area (Å²) in [6, 6.07) is 6.82. The fourth-order valence-corrected chi connectivity index (χ4v) is 3.69. The summed E-state index contributed by atoms with van der Waals surface area (Å²) in [4.78, 5) is 25.5. The molecule has 6 nitrogen and oxygen atoms in total. The first-order valence-corrected chi connectivity index (χ1v) is 9.23. The van der Waals surface area contributed by atoms with Crippen molar-refractivity contribution < 1.29 is 19.0 Å². The summed E-state index contributed by atoms with van der Waals surface area (Å²) in [5, 5.41) is 20.2. The van der Waals surface area contributed by atoms with Gasteiger partial charge in [0.1, 0.15) is 23.2 Å². The van der Waals surface area contributed by atoms with Crippen LogP contribution in [0.3, 0.4) is 0 Å². The Morgan fingerprint density at radius 3 is 2.54 bits per heavy atom. The van der Waals surface area contributed by atoms with Gasteiger partial charge in [0.15, 0.2) is 6.61 Å². The van der Waals surface area contributed by atoms with Crippen molar-refractivity contribution in [3.8, 4) is 17.7 Å². The zero-order chi connectivity index (χ0) is 20.3. The largest absolute Gasteiger partial charge is 0.494 e. The third-order valence-corrected chi connectivity index (χ3v) is 5.15. The maximum absolute atomic E-state index is 13.0. The molecule has 1 heterocycles. The Bertz CT molecular complexity index is 983. The van der Waals surface area contributed by atoms with E-state index in [1.165, 1.54) is 35.8 Å². The molecule has 0 atom stereocenters. The molecular formula is C21H21FN2O4. The van der Waals surface area contributed by atoms with Crippen molar-refractivity contribution in [2.75, 3.05) is 6.61 Å². The van der Waals surface area contributed by atoms with Gasteiger partial charge in [0.05, 0.1) is 5.56 Å². The van der Waals surface area contributed by atoms with Crippen molar-refractivity contribution in [3.05, 3.63) is 57.1 Å². The number of nitrogens with zero attached hydrogens (tertiary/aromatic N) is 2. The van der Waals surface area contributed by atoms with Crippen molar-refractivity contribution >= 4 is 5.78 Å². The summed E-state index contributed by atoms with van der Waals surface area (Å²) in [6.45, 7) is 1.06. The van der Waals surface area contributed by atoms with Gasteiger partial charge in [-0.1, -0.05) is 19.3 Å². The Hall–Kier alpha value is -3.14. The van der Waals surface area contributed by atoms with Crippen molar-refractivity contribution in [1.29, 1.82) is 5.26 Å². The van der Waals surface area contributed by atoms with E-state index in [2.05, 4.69) is 0 Å². The lowest BCUT2D eigenvalue weighted by Gasteiger charge is -2.26. The molecule has 3 rings (SSSR count). The molecule has 0 radical (unpaired) electrons. The van der Waals surface area contributed by atoms with Crippen LogP contribution in [0.1, 0.15) is 59.6 Å². The SMILES string of the molecule is Cc1c(C(=O)COc2ccc(F)cc2)c(O)n(C2CCCCC2)c(=O)c1C#N. The number of ether oxygens (including phenoxy) is 1. The number of carbonyl (C=O) groups excluding carboxylic acids is 1. The van der Waals surface area contributed by atoms with Crippen LogP contribution in [0.4, 0.5) is 4.39 Å². The number of ketones is 1. The highest BCUT2D eigenvalue weighted by atomic mass is 19.1. The lowest BCUT2D eigenvalue weighted by Crippen LogP contribution is -2.31. The number of hydrogen-bond donors (Lipinski definition) is 1. The summed E-state index contributed by atoms with van der Waals surface area (Å²) in [6.07, 6.45) is 4.31. The monoisotopic (exact) mass is 384 g/mol. The molecule has 1 fully saturated rings. The second kappa shape index (κ2) is 8.26. The summed E-state index contributed by atoms with van der Waals surface area (Å²) in [5.41, 5.74) is -0.650. The Labute approximate surface area is 161 Å². The summed E-state index contributed by atoms with van der Waals surface area (Å²) in [5.74, 6) is -1.10. The van der Waals surface area contributed by atoms with Crippen LogP contribution in [0, 0.1) is 24.1 Å². The van der Waals surface area contributed by atoms with Gasteiger partial charge in [-0.15, -0.1) is 0 Å². The molecular weight excluding hydrogens is 363 g/mol. The third-order valence-electron chi connectivity index (χ3n) is 5.15. The number of carbonyl (C=O) groups is 1. The van der Waals surface area contributed by atoms with Crippen molar-refractivity contribution in [3.63, 3.8) is 0 Å². The quantitative estimate of drug-likeness (QED) is 0.795. The van der Waals surface area contributed by atoms with Gasteiger partial charge in [0.2, 0.25) is 11.7 Å². The Morgan fingerprint density at radius 1 is 1.29 bits per heavy atom. The second-order valence-corrected chi connectivity index (χ2v) is 6.94. The van der Waals surface area contributed by atoms with E-state index >= 15 is 0 Å². The molecule has 7 heteroatoms. The van der Waals surface area contributed by atoms with Crippen LogP contribution < -0.4 is 10.3 Å². The first-order chi connectivity index (χ1) is 13.4. The van der Waals surface area contributed by atoms with Gasteiger partial charge in [0.25, 0.3) is 5.56 Å². The fourth-order valence-electron chi connectivity index (χ4n) is 3.69. The highest BCUT2D eigenvalue weighted by Crippen LogP contribution is 2.33. The predicted octanol–water partition coefficient (Wildman–Crippen LogP) is 3.64. The van der Waals surface area contributed by atoms with Gasteiger partial charge in [-0.2, -0.15) is 5.26 Å². The number of hydrogen-bond acceptors (Lipinski definition) is 5. The van der Waals surface area contributed by atoms with E-state index in [0.29, 0.717) is 18.6 Å². The molecule has 0 amide bonds. The number of halogens is 1. The van der Waals surface area contributed by atoms with Crippen molar-refractivity contribution in [2.24, 2.45) is 0 Å². The molecule has 1 N–H and O–H groups in total. The number of aromatic hydroxyl groups is 1. The maximum atomic E-state index is 13.0. The maximum Gasteiger partial charge on any atom is 0.271 e. The average molecular weight is 384 g/mol. The molecule has 2 aromatic rings. The standard InChI is InChI=1S/C21H21FN2O4/c1-13-17(11-23)20(26)24(15-5-3-2-4-6-15)21(27)19(13)18(25)12-28-16-9-7-14(22)8-10-16/h7-10,15,27H,2-6,12H2,1H3. The van der Waals surface area contributed by atoms with Crippen LogP contribution >= 0.6 is 0 Å². The van der Waals surface area contributed by atoms with Crippen LogP contribution in [0.2, 0.25) is 0 Å². The van der Waals surface area contributed by atoms with E-state index in [-0.39, 0.29) is 22.7 Å². The molecule has 0 spiro atoms. The van der Waals surface area contributed by atoms with E-state index in [4.69, 9.17) is 4.74 Å². The van der Waals surface area contributed by atoms with Crippen LogP contribution in [-0.2, 0) is 0 Å². The van der Waals surface area contributed by atoms with E-state index in [1.54, 1.807) is 0 Å². The molecule has 0 bridgehead atoms. The normalized spacial score (nSPS) is 14.5. The van der Waals surface area contributed by atoms with Crippen LogP contribution in [0.15, 0.2) is 29.1 Å². The van der Waals surface area contributed by atoms with E-state index in [0.717, 1.165) is 19.3 Å². The second-order valence-electron chi connectivity index (χ2n) is 6.94. The minimum absolute atomic E-state index is 0.0798. The number of aromatic nitrogens is 1. The minimum atomic E-state index is -0.569. The van der Waals surface area contributed by atoms with Crippen molar-refractivity contribution in [1.82, 2.24) is 4.57 Å². The van der Waals surface area contributed by atoms with Gasteiger partial charge < -0.3 is 9.84 Å². The Morgan fingerprint density at radius 2 is 1.93 bits per heavy atom. The van der Waals surface area contributed by atoms with Gasteiger partial charge in [-0.25, -0.2) is 4.39 Å². The predicted molar refractivity (Wildman–Crippen MR) is 100 cm³/mol. The first-order valence-electron chi connectivity index (χ1n) is 9.23. The Balaban J connectivity index is 1.97. The van der Waals surface area contributed by atoms with Gasteiger partial charge in [-0.3, -0.25) is 14.2 Å². The third kappa shape index (κ3) is 3.77. The lowest BCUT2D eigenvalue weighted by molar-refractivity contribution is 0.0915. The van der Waals surface area contributed by atoms with Gasteiger partial charge in [-0.05, 0) is 49.6 Å². The van der Waals surface area contributed by atoms with E-state index in [1.807, 2.05) is 6.07 Å². The fraction of sp³-hybridized carbons (Fsp3) is 0.381. The average Bonchev–Trinajstić information content (AvgIpc) is 2.68. The first kappa shape index (κ1) is 19.6. The summed E-state index contributed by atoms with van der Waals surface area (Å²) in [7, 11) is 0. The van der Waals surface area contributed by atoms with E-state index in [9.17, 15) is 24.3 Å². The topological polar surface area (TPSA) is 92.3 Å². The highest BCUT2D eigenvalue weighted by molar-refractivity contribution is 6.01. The number of pyridine rings is 1. The number of benzene rings is 1. The van der Waals surface area contributed by atoms with Crippen LogP contribution in [0.25, 0.3) is 0 Å². The number of rotatable bonds is 5. The number of nitriles is 1. The molecule has 0 aliphatic heterocycles. The minimum Gasteiger partial charge on any atom is -0.494 e.